The molecule has 0 bridgehead atoms. The molecular formula is C28H30ClF3N4O4. The van der Waals surface area contributed by atoms with E-state index in [4.69, 9.17) is 21.1 Å². The highest BCUT2D eigenvalue weighted by atomic mass is 35.5. The minimum atomic E-state index is -4.64. The van der Waals surface area contributed by atoms with E-state index in [0.717, 1.165) is 17.3 Å². The standard InChI is InChI=1S/C28H30ClF3N4O4/c1-26(38)14-17(15-26)36-23-19(24(34-36)39-2)12-18(13-21(23)28(30,31)32)40-10-9-35-7-5-27(6-8-35)20-11-16(29)3-4-22(20)33-25(27)37/h3-4,11-13,17,38H,5-10,14-15H2,1-2H3,(H,33,37). The van der Waals surface area contributed by atoms with E-state index in [1.165, 1.54) is 17.9 Å². The molecule has 2 aromatic carbocycles. The van der Waals surface area contributed by atoms with Crippen molar-refractivity contribution in [3.63, 3.8) is 0 Å². The zero-order chi connectivity index (χ0) is 28.4. The number of hydrogen-bond acceptors (Lipinski definition) is 6. The summed E-state index contributed by atoms with van der Waals surface area (Å²) in [5.74, 6) is 0.133. The van der Waals surface area contributed by atoms with Gasteiger partial charge in [-0.15, -0.1) is 5.10 Å². The van der Waals surface area contributed by atoms with Crippen LogP contribution in [0.2, 0.25) is 5.02 Å². The maximum absolute atomic E-state index is 14.2. The summed E-state index contributed by atoms with van der Waals surface area (Å²) in [6, 6.07) is 7.61. The highest BCUT2D eigenvalue weighted by molar-refractivity contribution is 6.31. The molecule has 2 N–H and O–H groups in total. The molecule has 1 saturated carbocycles. The number of anilines is 1. The third-order valence-corrected chi connectivity index (χ3v) is 8.74. The molecule has 0 unspecified atom stereocenters. The summed E-state index contributed by atoms with van der Waals surface area (Å²) in [7, 11) is 1.36. The third-order valence-electron chi connectivity index (χ3n) is 8.50. The number of rotatable bonds is 6. The van der Waals surface area contributed by atoms with Crippen molar-refractivity contribution in [1.82, 2.24) is 14.7 Å². The average Bonchev–Trinajstić information content (AvgIpc) is 3.37. The molecule has 1 aromatic heterocycles. The third kappa shape index (κ3) is 4.57. The van der Waals surface area contributed by atoms with Gasteiger partial charge in [0.2, 0.25) is 11.8 Å². The minimum absolute atomic E-state index is 0.0198. The van der Waals surface area contributed by atoms with Crippen molar-refractivity contribution in [3.8, 4) is 11.6 Å². The Morgan fingerprint density at radius 1 is 1.20 bits per heavy atom. The number of aliphatic hydroxyl groups is 1. The van der Waals surface area contributed by atoms with Crippen molar-refractivity contribution < 1.29 is 32.5 Å². The van der Waals surface area contributed by atoms with Gasteiger partial charge in [-0.25, -0.2) is 0 Å². The highest BCUT2D eigenvalue weighted by Crippen LogP contribution is 2.48. The van der Waals surface area contributed by atoms with Gasteiger partial charge in [0.15, 0.2) is 0 Å². The molecule has 0 radical (unpaired) electrons. The maximum atomic E-state index is 14.2. The van der Waals surface area contributed by atoms with Gasteiger partial charge < -0.3 is 19.9 Å². The lowest BCUT2D eigenvalue weighted by molar-refractivity contribution is -0.136. The number of alkyl halides is 3. The van der Waals surface area contributed by atoms with Crippen LogP contribution in [-0.2, 0) is 16.4 Å². The van der Waals surface area contributed by atoms with E-state index in [0.29, 0.717) is 50.3 Å². The van der Waals surface area contributed by atoms with Crippen molar-refractivity contribution in [1.29, 1.82) is 0 Å². The van der Waals surface area contributed by atoms with Crippen LogP contribution in [-0.4, -0.2) is 64.6 Å². The molecule has 3 aromatic rings. The molecule has 2 aliphatic heterocycles. The second-order valence-corrected chi connectivity index (χ2v) is 11.7. The summed E-state index contributed by atoms with van der Waals surface area (Å²) < 4.78 is 55.1. The zero-order valence-electron chi connectivity index (χ0n) is 22.1. The first kappa shape index (κ1) is 27.2. The van der Waals surface area contributed by atoms with Crippen LogP contribution < -0.4 is 14.8 Å². The fourth-order valence-corrected chi connectivity index (χ4v) is 6.57. The Morgan fingerprint density at radius 2 is 1.93 bits per heavy atom. The summed E-state index contributed by atoms with van der Waals surface area (Å²) >= 11 is 6.20. The first-order valence-electron chi connectivity index (χ1n) is 13.3. The molecule has 12 heteroatoms. The largest absolute Gasteiger partial charge is 0.492 e. The van der Waals surface area contributed by atoms with E-state index in [-0.39, 0.29) is 41.1 Å². The Labute approximate surface area is 234 Å². The number of nitrogens with zero attached hydrogens (tertiary/aromatic N) is 3. The first-order valence-corrected chi connectivity index (χ1v) is 13.6. The van der Waals surface area contributed by atoms with Gasteiger partial charge in [-0.3, -0.25) is 14.4 Å². The molecule has 8 nitrogen and oxygen atoms in total. The number of fused-ring (bicyclic) bond motifs is 3. The van der Waals surface area contributed by atoms with Crippen LogP contribution in [0.1, 0.15) is 49.8 Å². The van der Waals surface area contributed by atoms with Crippen LogP contribution in [0.15, 0.2) is 30.3 Å². The van der Waals surface area contributed by atoms with Crippen molar-refractivity contribution in [3.05, 3.63) is 46.5 Å². The monoisotopic (exact) mass is 578 g/mol. The van der Waals surface area contributed by atoms with E-state index in [9.17, 15) is 23.1 Å². The van der Waals surface area contributed by atoms with Gasteiger partial charge in [-0.1, -0.05) is 11.6 Å². The topological polar surface area (TPSA) is 88.9 Å². The Hall–Kier alpha value is -3.02. The van der Waals surface area contributed by atoms with E-state index in [2.05, 4.69) is 15.3 Å². The fraction of sp³-hybridized carbons (Fsp3) is 0.500. The predicted molar refractivity (Wildman–Crippen MR) is 143 cm³/mol. The van der Waals surface area contributed by atoms with Crippen LogP contribution >= 0.6 is 11.6 Å². The molecule has 40 heavy (non-hydrogen) atoms. The lowest BCUT2D eigenvalue weighted by atomic mass is 9.73. The molecule has 1 spiro atoms. The number of carbonyl (C=O) groups excluding carboxylic acids is 1. The summed E-state index contributed by atoms with van der Waals surface area (Å²) in [5, 5.41) is 18.2. The maximum Gasteiger partial charge on any atom is 0.418 e. The number of methoxy groups -OCH3 is 1. The molecule has 3 heterocycles. The fourth-order valence-electron chi connectivity index (χ4n) is 6.40. The van der Waals surface area contributed by atoms with E-state index in [1.54, 1.807) is 13.0 Å². The van der Waals surface area contributed by atoms with Gasteiger partial charge in [0.25, 0.3) is 0 Å². The van der Waals surface area contributed by atoms with Crippen LogP contribution in [0.4, 0.5) is 18.9 Å². The van der Waals surface area contributed by atoms with E-state index in [1.807, 2.05) is 12.1 Å². The van der Waals surface area contributed by atoms with Crippen LogP contribution in [0.3, 0.4) is 0 Å². The smallest absolute Gasteiger partial charge is 0.418 e. The number of carbonyl (C=O) groups is 1. The molecule has 1 aliphatic carbocycles. The quantitative estimate of drug-likeness (QED) is 0.420. The van der Waals surface area contributed by atoms with Gasteiger partial charge in [0.05, 0.1) is 40.6 Å². The van der Waals surface area contributed by atoms with Crippen LogP contribution in [0.5, 0.6) is 11.6 Å². The van der Waals surface area contributed by atoms with Crippen LogP contribution in [0, 0.1) is 0 Å². The summed E-state index contributed by atoms with van der Waals surface area (Å²) in [6.45, 7) is 3.60. The number of halogens is 4. The Morgan fingerprint density at radius 3 is 2.58 bits per heavy atom. The second-order valence-electron chi connectivity index (χ2n) is 11.3. The number of hydrogen-bond donors (Lipinski definition) is 2. The molecule has 0 atom stereocenters. The predicted octanol–water partition coefficient (Wildman–Crippen LogP) is 5.17. The molecule has 6 rings (SSSR count). The van der Waals surface area contributed by atoms with Gasteiger partial charge >= 0.3 is 6.18 Å². The molecule has 2 fully saturated rings. The van der Waals surface area contributed by atoms with Crippen LogP contribution in [0.25, 0.3) is 10.9 Å². The average molecular weight is 579 g/mol. The Kier molecular flexibility index (Phi) is 6.47. The number of benzene rings is 2. The highest BCUT2D eigenvalue weighted by Gasteiger charge is 2.48. The number of piperidine rings is 1. The van der Waals surface area contributed by atoms with E-state index >= 15 is 0 Å². The van der Waals surface area contributed by atoms with Crippen molar-refractivity contribution in [2.75, 3.05) is 38.7 Å². The lowest BCUT2D eigenvalue weighted by Crippen LogP contribution is -2.47. The zero-order valence-corrected chi connectivity index (χ0v) is 22.9. The lowest BCUT2D eigenvalue weighted by Gasteiger charge is -2.41. The summed E-state index contributed by atoms with van der Waals surface area (Å²) in [4.78, 5) is 15.0. The number of likely N-dealkylation sites (tertiary alicyclic amines) is 1. The van der Waals surface area contributed by atoms with Gasteiger partial charge in [0.1, 0.15) is 12.4 Å². The molecule has 1 amide bonds. The second kappa shape index (κ2) is 9.53. The van der Waals surface area contributed by atoms with Gasteiger partial charge in [-0.2, -0.15) is 13.2 Å². The normalized spacial score (nSPS) is 24.2. The van der Waals surface area contributed by atoms with Gasteiger partial charge in [-0.05, 0) is 81.6 Å². The number of amides is 1. The Balaban J connectivity index is 1.17. The van der Waals surface area contributed by atoms with Crippen molar-refractivity contribution in [2.24, 2.45) is 0 Å². The number of nitrogens with one attached hydrogen (secondary N) is 1. The van der Waals surface area contributed by atoms with Crippen molar-refractivity contribution in [2.45, 2.75) is 55.8 Å². The SMILES string of the molecule is COc1nn(C2CC(C)(O)C2)c2c(C(F)(F)F)cc(OCCN3CCC4(CC3)C(=O)Nc3ccc(Cl)cc34)cc12. The molecule has 214 valence electrons. The summed E-state index contributed by atoms with van der Waals surface area (Å²) in [5.41, 5.74) is -0.753. The summed E-state index contributed by atoms with van der Waals surface area (Å²) in [6.07, 6.45) is -2.81. The van der Waals surface area contributed by atoms with Gasteiger partial charge in [0, 0.05) is 17.3 Å². The first-order chi connectivity index (χ1) is 18.9. The molecular weight excluding hydrogens is 549 g/mol. The minimum Gasteiger partial charge on any atom is -0.492 e. The number of ether oxygens (including phenoxy) is 2. The number of aromatic nitrogens is 2. The van der Waals surface area contributed by atoms with E-state index < -0.39 is 22.8 Å². The van der Waals surface area contributed by atoms with Crippen molar-refractivity contribution >= 4 is 34.1 Å². The Bertz CT molecular complexity index is 1470. The molecule has 1 saturated heterocycles. The molecule has 3 aliphatic rings.